The van der Waals surface area contributed by atoms with Gasteiger partial charge in [0.2, 0.25) is 0 Å². The van der Waals surface area contributed by atoms with Crippen LogP contribution in [0.4, 0.5) is 0 Å². The van der Waals surface area contributed by atoms with Crippen molar-refractivity contribution < 1.29 is 18.3 Å². The Morgan fingerprint density at radius 2 is 1.88 bits per heavy atom. The van der Waals surface area contributed by atoms with E-state index in [1.807, 2.05) is 0 Å². The molecule has 0 aliphatic carbocycles. The molecule has 1 aromatic carbocycles. The summed E-state index contributed by atoms with van der Waals surface area (Å²) in [5.74, 6) is -0.950. The number of rotatable bonds is 6. The highest BCUT2D eigenvalue weighted by Crippen LogP contribution is 2.09. The molecule has 0 saturated heterocycles. The van der Waals surface area contributed by atoms with Crippen molar-refractivity contribution in [2.75, 3.05) is 7.05 Å². The first-order valence-corrected chi connectivity index (χ1v) is 6.39. The predicted molar refractivity (Wildman–Crippen MR) is 62.6 cm³/mol. The lowest BCUT2D eigenvalue weighted by Crippen LogP contribution is -2.33. The molecule has 7 heteroatoms. The van der Waals surface area contributed by atoms with Crippen LogP contribution < -0.4 is 9.44 Å². The van der Waals surface area contributed by atoms with E-state index < -0.39 is 16.2 Å². The number of carbonyl (C=O) groups is 1. The van der Waals surface area contributed by atoms with Gasteiger partial charge in [0.1, 0.15) is 0 Å². The maximum Gasteiger partial charge on any atom is 0.307 e. The highest BCUT2D eigenvalue weighted by molar-refractivity contribution is 7.87. The van der Waals surface area contributed by atoms with Gasteiger partial charge < -0.3 is 5.11 Å². The fourth-order valence-corrected chi connectivity index (χ4v) is 1.80. The van der Waals surface area contributed by atoms with Gasteiger partial charge in [0.15, 0.2) is 0 Å². The molecule has 3 N–H and O–H groups in total. The van der Waals surface area contributed by atoms with Gasteiger partial charge in [-0.15, -0.1) is 0 Å². The van der Waals surface area contributed by atoms with Gasteiger partial charge in [0.25, 0.3) is 10.2 Å². The van der Waals surface area contributed by atoms with E-state index in [1.54, 1.807) is 24.3 Å². The molecule has 0 spiro atoms. The van der Waals surface area contributed by atoms with Crippen LogP contribution in [-0.4, -0.2) is 26.5 Å². The summed E-state index contributed by atoms with van der Waals surface area (Å²) in [6.45, 7) is 0.0621. The smallest absolute Gasteiger partial charge is 0.307 e. The normalized spacial score (nSPS) is 11.4. The van der Waals surface area contributed by atoms with Crippen LogP contribution in [0.15, 0.2) is 24.3 Å². The minimum absolute atomic E-state index is 0.0621. The average Bonchev–Trinajstić information content (AvgIpc) is 2.27. The molecule has 0 aliphatic rings. The first-order chi connectivity index (χ1) is 7.94. The van der Waals surface area contributed by atoms with Crippen molar-refractivity contribution in [2.45, 2.75) is 13.0 Å². The van der Waals surface area contributed by atoms with E-state index in [0.29, 0.717) is 11.1 Å². The Morgan fingerprint density at radius 3 is 2.41 bits per heavy atom. The fourth-order valence-electron chi connectivity index (χ4n) is 1.31. The maximum atomic E-state index is 11.2. The molecule has 17 heavy (non-hydrogen) atoms. The molecule has 0 fully saturated rings. The molecule has 0 heterocycles. The summed E-state index contributed by atoms with van der Waals surface area (Å²) in [5.41, 5.74) is 1.24. The summed E-state index contributed by atoms with van der Waals surface area (Å²) in [6, 6.07) is 6.80. The van der Waals surface area contributed by atoms with Crippen molar-refractivity contribution in [1.82, 2.24) is 9.44 Å². The van der Waals surface area contributed by atoms with Crippen LogP contribution in [0.25, 0.3) is 0 Å². The van der Waals surface area contributed by atoms with Gasteiger partial charge in [-0.2, -0.15) is 13.1 Å². The molecular formula is C10H14N2O4S. The molecule has 0 unspecified atom stereocenters. The summed E-state index contributed by atoms with van der Waals surface area (Å²) >= 11 is 0. The molecule has 1 aromatic rings. The zero-order valence-electron chi connectivity index (χ0n) is 9.30. The number of benzene rings is 1. The van der Waals surface area contributed by atoms with Crippen molar-refractivity contribution in [2.24, 2.45) is 0 Å². The maximum absolute atomic E-state index is 11.2. The van der Waals surface area contributed by atoms with Gasteiger partial charge in [-0.3, -0.25) is 4.79 Å². The van der Waals surface area contributed by atoms with Crippen LogP contribution in [0.2, 0.25) is 0 Å². The second kappa shape index (κ2) is 5.76. The highest BCUT2D eigenvalue weighted by Gasteiger charge is 2.09. The van der Waals surface area contributed by atoms with E-state index in [-0.39, 0.29) is 13.0 Å². The SMILES string of the molecule is CNS(=O)(=O)NCc1ccccc1CC(=O)O. The Hall–Kier alpha value is -1.44. The van der Waals surface area contributed by atoms with E-state index in [4.69, 9.17) is 5.11 Å². The van der Waals surface area contributed by atoms with Crippen LogP contribution >= 0.6 is 0 Å². The highest BCUT2D eigenvalue weighted by atomic mass is 32.2. The molecule has 6 nitrogen and oxygen atoms in total. The lowest BCUT2D eigenvalue weighted by molar-refractivity contribution is -0.136. The van der Waals surface area contributed by atoms with Crippen molar-refractivity contribution >= 4 is 16.2 Å². The van der Waals surface area contributed by atoms with Crippen molar-refractivity contribution in [3.05, 3.63) is 35.4 Å². The largest absolute Gasteiger partial charge is 0.481 e. The first-order valence-electron chi connectivity index (χ1n) is 4.91. The third-order valence-corrected chi connectivity index (χ3v) is 3.24. The van der Waals surface area contributed by atoms with Gasteiger partial charge in [0.05, 0.1) is 6.42 Å². The number of aliphatic carboxylic acids is 1. The molecule has 0 saturated carbocycles. The summed E-state index contributed by atoms with van der Waals surface area (Å²) in [5, 5.41) is 8.71. The number of carboxylic acids is 1. The summed E-state index contributed by atoms with van der Waals surface area (Å²) < 4.78 is 26.8. The standard InChI is InChI=1S/C10H14N2O4S/c1-11-17(15,16)12-7-9-5-3-2-4-8(9)6-10(13)14/h2-5,11-12H,6-7H2,1H3,(H,13,14). The van der Waals surface area contributed by atoms with Gasteiger partial charge >= 0.3 is 5.97 Å². The third-order valence-electron chi connectivity index (χ3n) is 2.18. The number of nitrogens with one attached hydrogen (secondary N) is 2. The van der Waals surface area contributed by atoms with Gasteiger partial charge in [-0.25, -0.2) is 4.72 Å². The Labute approximate surface area is 99.8 Å². The van der Waals surface area contributed by atoms with Crippen molar-refractivity contribution in [3.8, 4) is 0 Å². The van der Waals surface area contributed by atoms with Crippen molar-refractivity contribution in [3.63, 3.8) is 0 Å². The summed E-state index contributed by atoms with van der Waals surface area (Å²) in [4.78, 5) is 10.6. The van der Waals surface area contributed by atoms with E-state index >= 15 is 0 Å². The molecule has 0 aliphatic heterocycles. The van der Waals surface area contributed by atoms with Crippen molar-refractivity contribution in [1.29, 1.82) is 0 Å². The van der Waals surface area contributed by atoms with E-state index in [1.165, 1.54) is 7.05 Å². The van der Waals surface area contributed by atoms with E-state index in [2.05, 4.69) is 9.44 Å². The Bertz CT molecular complexity index is 499. The van der Waals surface area contributed by atoms with Gasteiger partial charge in [-0.05, 0) is 11.1 Å². The molecule has 94 valence electrons. The van der Waals surface area contributed by atoms with E-state index in [0.717, 1.165) is 0 Å². The minimum atomic E-state index is -3.51. The fraction of sp³-hybridized carbons (Fsp3) is 0.300. The second-order valence-electron chi connectivity index (χ2n) is 3.37. The second-order valence-corrected chi connectivity index (χ2v) is 5.07. The molecule has 0 aromatic heterocycles. The van der Waals surface area contributed by atoms with Gasteiger partial charge in [-0.1, -0.05) is 24.3 Å². The zero-order chi connectivity index (χ0) is 12.9. The van der Waals surface area contributed by atoms with Gasteiger partial charge in [0, 0.05) is 13.6 Å². The number of hydrogen-bond donors (Lipinski definition) is 3. The Morgan fingerprint density at radius 1 is 1.29 bits per heavy atom. The first kappa shape index (κ1) is 13.6. The van der Waals surface area contributed by atoms with E-state index in [9.17, 15) is 13.2 Å². The Kier molecular flexibility index (Phi) is 4.62. The lowest BCUT2D eigenvalue weighted by Gasteiger charge is -2.09. The average molecular weight is 258 g/mol. The molecule has 0 atom stereocenters. The summed E-state index contributed by atoms with van der Waals surface area (Å²) in [7, 11) is -2.21. The minimum Gasteiger partial charge on any atom is -0.481 e. The van der Waals surface area contributed by atoms with Crippen LogP contribution in [-0.2, 0) is 28.0 Å². The van der Waals surface area contributed by atoms with Crippen LogP contribution in [0.1, 0.15) is 11.1 Å². The van der Waals surface area contributed by atoms with Crippen LogP contribution in [0, 0.1) is 0 Å². The molecule has 0 amide bonds. The summed E-state index contributed by atoms with van der Waals surface area (Å²) in [6.07, 6.45) is -0.128. The number of carboxylic acid groups (broad SMARTS) is 1. The topological polar surface area (TPSA) is 95.5 Å². The molecule has 1 rings (SSSR count). The predicted octanol–water partition coefficient (Wildman–Crippen LogP) is -0.133. The monoisotopic (exact) mass is 258 g/mol. The molecule has 0 bridgehead atoms. The quantitative estimate of drug-likeness (QED) is 0.662. The number of hydrogen-bond acceptors (Lipinski definition) is 3. The van der Waals surface area contributed by atoms with Crippen LogP contribution in [0.3, 0.4) is 0 Å². The molecular weight excluding hydrogens is 244 g/mol. The third kappa shape index (κ3) is 4.51. The van der Waals surface area contributed by atoms with Crippen LogP contribution in [0.5, 0.6) is 0 Å². The Balaban J connectivity index is 2.80. The molecule has 0 radical (unpaired) electrons. The zero-order valence-corrected chi connectivity index (χ0v) is 10.1. The lowest BCUT2D eigenvalue weighted by atomic mass is 10.1.